The summed E-state index contributed by atoms with van der Waals surface area (Å²) >= 11 is 3.30. The smallest absolute Gasteiger partial charge is 0.314 e. The molecule has 0 saturated carbocycles. The molecule has 5 nitrogen and oxygen atoms in total. The molecule has 0 aliphatic heterocycles. The fraction of sp³-hybridized carbons (Fsp3) is 0.0769. The highest BCUT2D eigenvalue weighted by Crippen LogP contribution is 2.34. The van der Waals surface area contributed by atoms with Gasteiger partial charge in [-0.15, -0.1) is 0 Å². The highest BCUT2D eigenvalue weighted by atomic mass is 79.9. The second-order valence-corrected chi connectivity index (χ2v) is 4.84. The Kier molecular flexibility index (Phi) is 4.31. The van der Waals surface area contributed by atoms with Crippen LogP contribution in [0, 0.1) is 15.9 Å². The summed E-state index contributed by atoms with van der Waals surface area (Å²) in [6, 6.07) is 8.25. The summed E-state index contributed by atoms with van der Waals surface area (Å²) in [5.74, 6) is -0.335. The molecule has 2 rings (SSSR count). The Morgan fingerprint density at radius 1 is 1.25 bits per heavy atom. The molecule has 0 aliphatic rings. The van der Waals surface area contributed by atoms with E-state index in [1.54, 1.807) is 18.2 Å². The largest absolute Gasteiger partial charge is 0.450 e. The Hall–Kier alpha value is -1.99. The predicted octanol–water partition coefficient (Wildman–Crippen LogP) is 3.75. The summed E-state index contributed by atoms with van der Waals surface area (Å²) in [4.78, 5) is 10.2. The van der Waals surface area contributed by atoms with E-state index in [4.69, 9.17) is 10.5 Å². The van der Waals surface area contributed by atoms with Crippen molar-refractivity contribution >= 4 is 21.6 Å². The minimum absolute atomic E-state index is 0.0339. The van der Waals surface area contributed by atoms with Crippen LogP contribution in [0.15, 0.2) is 40.9 Å². The third-order valence-electron chi connectivity index (χ3n) is 2.58. The number of hydrogen-bond donors (Lipinski definition) is 1. The predicted molar refractivity (Wildman–Crippen MR) is 75.2 cm³/mol. The van der Waals surface area contributed by atoms with Crippen molar-refractivity contribution in [3.05, 3.63) is 62.4 Å². The van der Waals surface area contributed by atoms with E-state index in [9.17, 15) is 14.5 Å². The summed E-state index contributed by atoms with van der Waals surface area (Å²) < 4.78 is 19.4. The van der Waals surface area contributed by atoms with Crippen molar-refractivity contribution in [1.82, 2.24) is 0 Å². The Morgan fingerprint density at radius 2 is 1.95 bits per heavy atom. The van der Waals surface area contributed by atoms with Crippen LogP contribution in [-0.4, -0.2) is 4.92 Å². The second kappa shape index (κ2) is 5.98. The Labute approximate surface area is 122 Å². The number of benzene rings is 2. The van der Waals surface area contributed by atoms with Gasteiger partial charge in [-0.3, -0.25) is 10.1 Å². The highest BCUT2D eigenvalue weighted by molar-refractivity contribution is 9.10. The maximum Gasteiger partial charge on any atom is 0.314 e. The van der Waals surface area contributed by atoms with Crippen LogP contribution in [0.1, 0.15) is 5.56 Å². The number of ether oxygens (including phenoxy) is 1. The topological polar surface area (TPSA) is 78.4 Å². The van der Waals surface area contributed by atoms with E-state index < -0.39 is 16.4 Å². The van der Waals surface area contributed by atoms with Crippen LogP contribution >= 0.6 is 15.9 Å². The molecule has 7 heteroatoms. The SMILES string of the molecule is NCc1cc(Br)ccc1Oc1ccc(F)cc1[N+](=O)[O-]. The number of rotatable bonds is 4. The zero-order valence-electron chi connectivity index (χ0n) is 10.2. The van der Waals surface area contributed by atoms with Crippen LogP contribution in [0.5, 0.6) is 11.5 Å². The highest BCUT2D eigenvalue weighted by Gasteiger charge is 2.18. The number of nitro groups is 1. The second-order valence-electron chi connectivity index (χ2n) is 3.93. The molecule has 0 unspecified atom stereocenters. The first-order valence-electron chi connectivity index (χ1n) is 5.61. The average Bonchev–Trinajstić information content (AvgIpc) is 2.42. The van der Waals surface area contributed by atoms with E-state index in [1.165, 1.54) is 6.07 Å². The van der Waals surface area contributed by atoms with E-state index in [2.05, 4.69) is 15.9 Å². The van der Waals surface area contributed by atoms with E-state index in [0.717, 1.165) is 16.6 Å². The molecule has 2 N–H and O–H groups in total. The molecule has 0 heterocycles. The summed E-state index contributed by atoms with van der Waals surface area (Å²) in [5.41, 5.74) is 5.84. The van der Waals surface area contributed by atoms with Crippen LogP contribution in [0.3, 0.4) is 0 Å². The number of halogens is 2. The van der Waals surface area contributed by atoms with Crippen LogP contribution in [0.25, 0.3) is 0 Å². The molecule has 0 aliphatic carbocycles. The molecular formula is C13H10BrFN2O3. The standard InChI is InChI=1S/C13H10BrFN2O3/c14-9-1-3-12(8(5-9)7-16)20-13-4-2-10(15)6-11(13)17(18)19/h1-6H,7,16H2. The zero-order chi connectivity index (χ0) is 14.7. The fourth-order valence-electron chi connectivity index (χ4n) is 1.65. The first kappa shape index (κ1) is 14.4. The molecule has 20 heavy (non-hydrogen) atoms. The monoisotopic (exact) mass is 340 g/mol. The van der Waals surface area contributed by atoms with Gasteiger partial charge in [0.15, 0.2) is 0 Å². The van der Waals surface area contributed by atoms with Crippen molar-refractivity contribution < 1.29 is 14.1 Å². The average molecular weight is 341 g/mol. The van der Waals surface area contributed by atoms with Gasteiger partial charge in [-0.05, 0) is 30.3 Å². The molecule has 0 spiro atoms. The van der Waals surface area contributed by atoms with Gasteiger partial charge >= 0.3 is 5.69 Å². The molecule has 0 fully saturated rings. The summed E-state index contributed by atoms with van der Waals surface area (Å²) in [5, 5.41) is 10.9. The van der Waals surface area contributed by atoms with Gasteiger partial charge in [0.1, 0.15) is 11.6 Å². The normalized spacial score (nSPS) is 10.3. The summed E-state index contributed by atoms with van der Waals surface area (Å²) in [6.45, 7) is 0.212. The van der Waals surface area contributed by atoms with Crippen LogP contribution in [0.2, 0.25) is 0 Å². The molecule has 0 amide bonds. The third-order valence-corrected chi connectivity index (χ3v) is 3.07. The Morgan fingerprint density at radius 3 is 2.60 bits per heavy atom. The van der Waals surface area contributed by atoms with E-state index >= 15 is 0 Å². The number of nitro benzene ring substituents is 1. The first-order valence-corrected chi connectivity index (χ1v) is 6.41. The van der Waals surface area contributed by atoms with Crippen molar-refractivity contribution in [3.63, 3.8) is 0 Å². The zero-order valence-corrected chi connectivity index (χ0v) is 11.8. The van der Waals surface area contributed by atoms with Gasteiger partial charge in [0.05, 0.1) is 11.0 Å². The third kappa shape index (κ3) is 3.12. The Balaban J connectivity index is 2.42. The lowest BCUT2D eigenvalue weighted by Crippen LogP contribution is -2.01. The number of hydrogen-bond acceptors (Lipinski definition) is 4. The molecule has 104 valence electrons. The van der Waals surface area contributed by atoms with Crippen molar-refractivity contribution in [2.75, 3.05) is 0 Å². The van der Waals surface area contributed by atoms with E-state index in [1.807, 2.05) is 0 Å². The van der Waals surface area contributed by atoms with Crippen molar-refractivity contribution in [2.24, 2.45) is 5.73 Å². The van der Waals surface area contributed by atoms with Gasteiger partial charge in [0.2, 0.25) is 5.75 Å². The van der Waals surface area contributed by atoms with Gasteiger partial charge in [-0.25, -0.2) is 4.39 Å². The van der Waals surface area contributed by atoms with Crippen LogP contribution in [-0.2, 0) is 6.54 Å². The molecule has 0 bridgehead atoms. The molecule has 0 saturated heterocycles. The van der Waals surface area contributed by atoms with Crippen molar-refractivity contribution in [1.29, 1.82) is 0 Å². The van der Waals surface area contributed by atoms with Gasteiger partial charge in [-0.1, -0.05) is 15.9 Å². The minimum Gasteiger partial charge on any atom is -0.450 e. The van der Waals surface area contributed by atoms with E-state index in [0.29, 0.717) is 11.3 Å². The maximum atomic E-state index is 13.1. The lowest BCUT2D eigenvalue weighted by atomic mass is 10.2. The first-order chi connectivity index (χ1) is 9.51. The molecule has 2 aromatic carbocycles. The molecule has 0 aromatic heterocycles. The Bertz CT molecular complexity index is 664. The quantitative estimate of drug-likeness (QED) is 0.679. The summed E-state index contributed by atoms with van der Waals surface area (Å²) in [7, 11) is 0. The summed E-state index contributed by atoms with van der Waals surface area (Å²) in [6.07, 6.45) is 0. The van der Waals surface area contributed by atoms with Crippen molar-refractivity contribution in [3.8, 4) is 11.5 Å². The number of nitrogens with two attached hydrogens (primary N) is 1. The minimum atomic E-state index is -0.695. The van der Waals surface area contributed by atoms with Gasteiger partial charge < -0.3 is 10.5 Å². The van der Waals surface area contributed by atoms with Gasteiger partial charge in [0, 0.05) is 16.6 Å². The van der Waals surface area contributed by atoms with Crippen LogP contribution < -0.4 is 10.5 Å². The van der Waals surface area contributed by atoms with Gasteiger partial charge in [0.25, 0.3) is 0 Å². The van der Waals surface area contributed by atoms with Crippen molar-refractivity contribution in [2.45, 2.75) is 6.54 Å². The maximum absolute atomic E-state index is 13.1. The lowest BCUT2D eigenvalue weighted by Gasteiger charge is -2.10. The lowest BCUT2D eigenvalue weighted by molar-refractivity contribution is -0.385. The molecule has 0 atom stereocenters. The number of nitrogens with zero attached hydrogens (tertiary/aromatic N) is 1. The fourth-order valence-corrected chi connectivity index (χ4v) is 2.05. The molecule has 2 aromatic rings. The van der Waals surface area contributed by atoms with Gasteiger partial charge in [-0.2, -0.15) is 0 Å². The van der Waals surface area contributed by atoms with Crippen LogP contribution in [0.4, 0.5) is 10.1 Å². The molecular weight excluding hydrogens is 331 g/mol. The molecule has 0 radical (unpaired) electrons. The van der Waals surface area contributed by atoms with E-state index in [-0.39, 0.29) is 12.3 Å².